The first kappa shape index (κ1) is 21.4. The van der Waals surface area contributed by atoms with E-state index < -0.39 is 5.60 Å². The van der Waals surface area contributed by atoms with Crippen LogP contribution in [-0.2, 0) is 13.6 Å². The summed E-state index contributed by atoms with van der Waals surface area (Å²) < 4.78 is 3.54. The summed E-state index contributed by atoms with van der Waals surface area (Å²) in [5, 5.41) is 15.1. The zero-order valence-electron chi connectivity index (χ0n) is 15.1. The van der Waals surface area contributed by atoms with E-state index in [1.54, 1.807) is 17.8 Å². The number of aliphatic hydroxyl groups is 1. The van der Waals surface area contributed by atoms with Gasteiger partial charge in [-0.05, 0) is 36.9 Å². The van der Waals surface area contributed by atoms with Crippen LogP contribution in [-0.4, -0.2) is 37.9 Å². The highest BCUT2D eigenvalue weighted by Gasteiger charge is 2.30. The third kappa shape index (κ3) is 4.04. The zero-order valence-corrected chi connectivity index (χ0v) is 16.7. The normalized spacial score (nSPS) is 19.3. The Morgan fingerprint density at radius 1 is 1.30 bits per heavy atom. The number of β-amino-alcohol motifs (C(OH)–C–C–N with tert-alkyl or cyclic N) is 1. The summed E-state index contributed by atoms with van der Waals surface area (Å²) in [4.78, 5) is 17.3. The number of halogens is 2. The van der Waals surface area contributed by atoms with Crippen LogP contribution < -0.4 is 10.9 Å². The van der Waals surface area contributed by atoms with E-state index in [0.717, 1.165) is 30.3 Å². The van der Waals surface area contributed by atoms with Crippen molar-refractivity contribution in [2.24, 2.45) is 7.05 Å². The Morgan fingerprint density at radius 3 is 2.81 bits per heavy atom. The Bertz CT molecular complexity index is 977. The van der Waals surface area contributed by atoms with Crippen LogP contribution >= 0.6 is 24.8 Å². The molecule has 1 aliphatic rings. The molecule has 0 amide bonds. The van der Waals surface area contributed by atoms with Gasteiger partial charge in [-0.15, -0.1) is 24.8 Å². The molecule has 146 valence electrons. The third-order valence-electron chi connectivity index (χ3n) is 5.00. The number of benzene rings is 1. The topological polar surface area (TPSA) is 72.1 Å². The van der Waals surface area contributed by atoms with Crippen molar-refractivity contribution in [1.29, 1.82) is 0 Å². The predicted molar refractivity (Wildman–Crippen MR) is 112 cm³/mol. The zero-order chi connectivity index (χ0) is 17.4. The van der Waals surface area contributed by atoms with Crippen molar-refractivity contribution in [3.8, 4) is 11.4 Å². The molecule has 1 atom stereocenters. The molecule has 27 heavy (non-hydrogen) atoms. The lowest BCUT2D eigenvalue weighted by atomic mass is 9.94. The Kier molecular flexibility index (Phi) is 6.70. The van der Waals surface area contributed by atoms with Gasteiger partial charge in [-0.25, -0.2) is 4.98 Å². The van der Waals surface area contributed by atoms with Crippen LogP contribution in [0.2, 0.25) is 0 Å². The highest BCUT2D eigenvalue weighted by molar-refractivity contribution is 5.85. The largest absolute Gasteiger partial charge is 0.387 e. The van der Waals surface area contributed by atoms with Crippen molar-refractivity contribution < 1.29 is 5.11 Å². The summed E-state index contributed by atoms with van der Waals surface area (Å²) in [6, 6.07) is 9.70. The van der Waals surface area contributed by atoms with Crippen LogP contribution in [0.3, 0.4) is 0 Å². The van der Waals surface area contributed by atoms with Crippen molar-refractivity contribution in [3.63, 3.8) is 0 Å². The van der Waals surface area contributed by atoms with Crippen molar-refractivity contribution in [1.82, 2.24) is 19.4 Å². The minimum atomic E-state index is -0.810. The van der Waals surface area contributed by atoms with Gasteiger partial charge in [-0.2, -0.15) is 0 Å². The Morgan fingerprint density at radius 2 is 2.07 bits per heavy atom. The maximum absolute atomic E-state index is 12.8. The van der Waals surface area contributed by atoms with Gasteiger partial charge in [-0.1, -0.05) is 18.2 Å². The number of nitrogens with zero attached hydrogens (tertiary/aromatic N) is 3. The van der Waals surface area contributed by atoms with Gasteiger partial charge >= 0.3 is 0 Å². The lowest BCUT2D eigenvalue weighted by Crippen LogP contribution is -2.48. The van der Waals surface area contributed by atoms with Gasteiger partial charge in [0.2, 0.25) is 0 Å². The molecule has 2 aromatic heterocycles. The number of imidazole rings is 1. The molecule has 4 rings (SSSR count). The van der Waals surface area contributed by atoms with E-state index in [2.05, 4.69) is 10.3 Å². The molecule has 1 fully saturated rings. The molecule has 8 heteroatoms. The van der Waals surface area contributed by atoms with Gasteiger partial charge in [0.15, 0.2) is 0 Å². The minimum absolute atomic E-state index is 0. The molecule has 1 aromatic carbocycles. The summed E-state index contributed by atoms with van der Waals surface area (Å²) in [6.45, 7) is 1.91. The Hall–Kier alpha value is -1.86. The number of para-hydroxylation sites is 1. The van der Waals surface area contributed by atoms with Crippen molar-refractivity contribution in [2.45, 2.75) is 25.0 Å². The number of piperidine rings is 1. The summed E-state index contributed by atoms with van der Waals surface area (Å²) in [6.07, 6.45) is 5.20. The van der Waals surface area contributed by atoms with E-state index in [4.69, 9.17) is 0 Å². The SMILES string of the molecule is Cl.Cl.Cn1c(=O)c(-c2nccn2CC2(O)CCCNC2)cc2ccccc21. The molecule has 1 aliphatic heterocycles. The molecular weight excluding hydrogens is 387 g/mol. The first-order valence-corrected chi connectivity index (χ1v) is 8.61. The molecule has 0 spiro atoms. The fourth-order valence-corrected chi connectivity index (χ4v) is 3.67. The number of rotatable bonds is 3. The fraction of sp³-hybridized carbons (Fsp3) is 0.368. The number of aromatic nitrogens is 3. The highest BCUT2D eigenvalue weighted by atomic mass is 35.5. The van der Waals surface area contributed by atoms with E-state index in [1.165, 1.54) is 0 Å². The quantitative estimate of drug-likeness (QED) is 0.694. The van der Waals surface area contributed by atoms with Crippen LogP contribution in [0.1, 0.15) is 12.8 Å². The van der Waals surface area contributed by atoms with Gasteiger partial charge in [0.1, 0.15) is 5.82 Å². The maximum Gasteiger partial charge on any atom is 0.261 e. The van der Waals surface area contributed by atoms with Gasteiger partial charge in [0, 0.05) is 26.0 Å². The molecular formula is C19H24Cl2N4O2. The number of aryl methyl sites for hydroxylation is 1. The van der Waals surface area contributed by atoms with E-state index in [9.17, 15) is 9.90 Å². The van der Waals surface area contributed by atoms with Crippen LogP contribution in [0, 0.1) is 0 Å². The lowest BCUT2D eigenvalue weighted by Gasteiger charge is -2.33. The van der Waals surface area contributed by atoms with Gasteiger partial charge < -0.3 is 19.6 Å². The summed E-state index contributed by atoms with van der Waals surface area (Å²) in [5.41, 5.74) is 0.554. The molecule has 0 saturated carbocycles. The van der Waals surface area contributed by atoms with Crippen molar-refractivity contribution >= 4 is 35.7 Å². The average molecular weight is 411 g/mol. The second-order valence-corrected chi connectivity index (χ2v) is 6.86. The van der Waals surface area contributed by atoms with Crippen LogP contribution in [0.15, 0.2) is 47.5 Å². The summed E-state index contributed by atoms with van der Waals surface area (Å²) in [7, 11) is 1.78. The molecule has 1 saturated heterocycles. The van der Waals surface area contributed by atoms with Crippen molar-refractivity contribution in [2.75, 3.05) is 13.1 Å². The van der Waals surface area contributed by atoms with E-state index in [1.807, 2.05) is 41.1 Å². The standard InChI is InChI=1S/C19H22N4O2.2ClH/c1-22-16-6-3-2-5-14(16)11-15(18(22)24)17-21-9-10-23(17)13-19(25)7-4-8-20-12-19;;/h2-3,5-6,9-11,20,25H,4,7-8,12-13H2,1H3;2*1H. The molecule has 1 unspecified atom stereocenters. The number of fused-ring (bicyclic) bond motifs is 1. The number of nitrogens with one attached hydrogen (secondary N) is 1. The van der Waals surface area contributed by atoms with Crippen LogP contribution in [0.4, 0.5) is 0 Å². The second-order valence-electron chi connectivity index (χ2n) is 6.86. The molecule has 2 N–H and O–H groups in total. The average Bonchev–Trinajstić information content (AvgIpc) is 3.06. The van der Waals surface area contributed by atoms with Gasteiger partial charge in [-0.3, -0.25) is 4.79 Å². The number of hydrogen-bond donors (Lipinski definition) is 2. The predicted octanol–water partition coefficient (Wildman–Crippen LogP) is 2.36. The molecule has 3 heterocycles. The molecule has 0 bridgehead atoms. The van der Waals surface area contributed by atoms with Crippen LogP contribution in [0.25, 0.3) is 22.3 Å². The smallest absolute Gasteiger partial charge is 0.261 e. The fourth-order valence-electron chi connectivity index (χ4n) is 3.67. The van der Waals surface area contributed by atoms with Gasteiger partial charge in [0.25, 0.3) is 5.56 Å². The summed E-state index contributed by atoms with van der Waals surface area (Å²) in [5.74, 6) is 0.602. The minimum Gasteiger partial charge on any atom is -0.387 e. The maximum atomic E-state index is 12.8. The Labute approximate surface area is 170 Å². The van der Waals surface area contributed by atoms with Crippen LogP contribution in [0.5, 0.6) is 0 Å². The third-order valence-corrected chi connectivity index (χ3v) is 5.00. The number of pyridine rings is 1. The van der Waals surface area contributed by atoms with E-state index in [0.29, 0.717) is 24.5 Å². The van der Waals surface area contributed by atoms with E-state index in [-0.39, 0.29) is 30.4 Å². The number of hydrogen-bond acceptors (Lipinski definition) is 4. The second kappa shape index (κ2) is 8.44. The van der Waals surface area contributed by atoms with E-state index >= 15 is 0 Å². The first-order valence-electron chi connectivity index (χ1n) is 8.61. The van der Waals surface area contributed by atoms with Gasteiger partial charge in [0.05, 0.1) is 23.2 Å². The summed E-state index contributed by atoms with van der Waals surface area (Å²) >= 11 is 0. The molecule has 3 aromatic rings. The molecule has 6 nitrogen and oxygen atoms in total. The highest BCUT2D eigenvalue weighted by Crippen LogP contribution is 2.23. The Balaban J connectivity index is 0.00000131. The lowest BCUT2D eigenvalue weighted by molar-refractivity contribution is 0.00105. The van der Waals surface area contributed by atoms with Crippen molar-refractivity contribution in [3.05, 3.63) is 53.1 Å². The monoisotopic (exact) mass is 410 g/mol. The molecule has 0 radical (unpaired) electrons. The molecule has 0 aliphatic carbocycles. The first-order chi connectivity index (χ1) is 12.1.